The minimum atomic E-state index is -0.726. The second-order valence-electron chi connectivity index (χ2n) is 3.88. The first-order chi connectivity index (χ1) is 7.20. The number of aliphatic carboxylic acids is 1. The molecule has 0 bridgehead atoms. The van der Waals surface area contributed by atoms with E-state index in [0.717, 1.165) is 25.2 Å². The number of carbonyl (C=O) groups is 1. The van der Waals surface area contributed by atoms with Crippen molar-refractivity contribution in [2.24, 2.45) is 5.92 Å². The maximum atomic E-state index is 11.0. The van der Waals surface area contributed by atoms with Crippen molar-refractivity contribution in [3.8, 4) is 0 Å². The normalized spacial score (nSPS) is 26.6. The van der Waals surface area contributed by atoms with Crippen molar-refractivity contribution >= 4 is 11.8 Å². The molecule has 2 atom stereocenters. The topological polar surface area (TPSA) is 66.6 Å². The standard InChI is InChI=1S/C10H14N2O3/c1-7-8(10(13)14)3-2-5-12(7)9-4-6-15-11-9/h4,6-8H,2-3,5H2,1H3,(H,13,14)/t7-,8+/m1/s1. The fourth-order valence-corrected chi connectivity index (χ4v) is 2.15. The summed E-state index contributed by atoms with van der Waals surface area (Å²) in [4.78, 5) is 13.0. The molecule has 1 aliphatic heterocycles. The van der Waals surface area contributed by atoms with Crippen LogP contribution in [0.4, 0.5) is 5.82 Å². The zero-order valence-corrected chi connectivity index (χ0v) is 8.59. The summed E-state index contributed by atoms with van der Waals surface area (Å²) in [5.74, 6) is -0.306. The van der Waals surface area contributed by atoms with Gasteiger partial charge in [-0.25, -0.2) is 0 Å². The van der Waals surface area contributed by atoms with Crippen LogP contribution in [0.2, 0.25) is 0 Å². The third kappa shape index (κ3) is 1.82. The number of nitrogens with zero attached hydrogens (tertiary/aromatic N) is 2. The lowest BCUT2D eigenvalue weighted by molar-refractivity contribution is -0.143. The summed E-state index contributed by atoms with van der Waals surface area (Å²) in [6.45, 7) is 2.77. The molecule has 0 spiro atoms. The second-order valence-corrected chi connectivity index (χ2v) is 3.88. The smallest absolute Gasteiger partial charge is 0.308 e. The number of hydrogen-bond acceptors (Lipinski definition) is 4. The molecule has 0 aliphatic carbocycles. The van der Waals surface area contributed by atoms with E-state index in [1.54, 1.807) is 6.07 Å². The third-order valence-electron chi connectivity index (χ3n) is 3.02. The van der Waals surface area contributed by atoms with Crippen molar-refractivity contribution in [3.63, 3.8) is 0 Å². The van der Waals surface area contributed by atoms with Crippen LogP contribution in [0.3, 0.4) is 0 Å². The van der Waals surface area contributed by atoms with Gasteiger partial charge in [-0.05, 0) is 19.8 Å². The van der Waals surface area contributed by atoms with Crippen LogP contribution in [0, 0.1) is 5.92 Å². The predicted molar refractivity (Wildman–Crippen MR) is 53.7 cm³/mol. The van der Waals surface area contributed by atoms with Gasteiger partial charge in [-0.15, -0.1) is 0 Å². The van der Waals surface area contributed by atoms with Gasteiger partial charge in [0.1, 0.15) is 6.26 Å². The molecule has 0 amide bonds. The molecule has 15 heavy (non-hydrogen) atoms. The first-order valence-electron chi connectivity index (χ1n) is 5.10. The average molecular weight is 210 g/mol. The average Bonchev–Trinajstić information content (AvgIpc) is 2.70. The molecule has 1 fully saturated rings. The van der Waals surface area contributed by atoms with Crippen LogP contribution in [0.15, 0.2) is 16.9 Å². The zero-order chi connectivity index (χ0) is 10.8. The van der Waals surface area contributed by atoms with Gasteiger partial charge in [-0.3, -0.25) is 4.79 Å². The molecule has 1 aromatic heterocycles. The summed E-state index contributed by atoms with van der Waals surface area (Å²) in [6.07, 6.45) is 3.13. The molecule has 0 aromatic carbocycles. The van der Waals surface area contributed by atoms with Crippen LogP contribution in [0.25, 0.3) is 0 Å². The Morgan fingerprint density at radius 1 is 1.73 bits per heavy atom. The highest BCUT2D eigenvalue weighted by atomic mass is 16.5. The Bertz CT molecular complexity index is 336. The largest absolute Gasteiger partial charge is 0.481 e. The number of carboxylic acid groups (broad SMARTS) is 1. The van der Waals surface area contributed by atoms with E-state index < -0.39 is 5.97 Å². The highest BCUT2D eigenvalue weighted by Gasteiger charge is 2.33. The lowest BCUT2D eigenvalue weighted by Gasteiger charge is -2.37. The van der Waals surface area contributed by atoms with Crippen molar-refractivity contribution in [3.05, 3.63) is 12.3 Å². The van der Waals surface area contributed by atoms with E-state index in [2.05, 4.69) is 5.16 Å². The summed E-state index contributed by atoms with van der Waals surface area (Å²) in [5, 5.41) is 12.9. The number of piperidine rings is 1. The Labute approximate surface area is 87.7 Å². The van der Waals surface area contributed by atoms with Crippen molar-refractivity contribution in [2.45, 2.75) is 25.8 Å². The Morgan fingerprint density at radius 3 is 3.13 bits per heavy atom. The molecule has 5 nitrogen and oxygen atoms in total. The van der Waals surface area contributed by atoms with Crippen molar-refractivity contribution in [1.29, 1.82) is 0 Å². The molecule has 1 aromatic rings. The number of carboxylic acids is 1. The molecular weight excluding hydrogens is 196 g/mol. The summed E-state index contributed by atoms with van der Waals surface area (Å²) in [7, 11) is 0. The molecule has 5 heteroatoms. The third-order valence-corrected chi connectivity index (χ3v) is 3.02. The van der Waals surface area contributed by atoms with E-state index >= 15 is 0 Å². The summed E-state index contributed by atoms with van der Waals surface area (Å²) >= 11 is 0. The van der Waals surface area contributed by atoms with E-state index in [0.29, 0.717) is 0 Å². The highest BCUT2D eigenvalue weighted by Crippen LogP contribution is 2.27. The number of rotatable bonds is 2. The van der Waals surface area contributed by atoms with Crippen LogP contribution < -0.4 is 4.90 Å². The SMILES string of the molecule is C[C@@H]1[C@@H](C(=O)O)CCCN1c1ccon1. The van der Waals surface area contributed by atoms with E-state index in [4.69, 9.17) is 9.63 Å². The lowest BCUT2D eigenvalue weighted by Crippen LogP contribution is -2.46. The Morgan fingerprint density at radius 2 is 2.53 bits per heavy atom. The molecule has 0 radical (unpaired) electrons. The second kappa shape index (κ2) is 3.92. The molecule has 0 saturated carbocycles. The molecule has 0 unspecified atom stereocenters. The summed E-state index contributed by atoms with van der Waals surface area (Å²) in [6, 6.07) is 1.74. The predicted octanol–water partition coefficient (Wildman–Crippen LogP) is 1.36. The van der Waals surface area contributed by atoms with Crippen molar-refractivity contribution in [1.82, 2.24) is 5.16 Å². The summed E-state index contributed by atoms with van der Waals surface area (Å²) in [5.41, 5.74) is 0. The molecule has 82 valence electrons. The van der Waals surface area contributed by atoms with Gasteiger partial charge in [-0.1, -0.05) is 5.16 Å². The Hall–Kier alpha value is -1.52. The van der Waals surface area contributed by atoms with Gasteiger partial charge in [0.25, 0.3) is 0 Å². The molecule has 2 rings (SSSR count). The maximum Gasteiger partial charge on any atom is 0.308 e. The van der Waals surface area contributed by atoms with Gasteiger partial charge in [-0.2, -0.15) is 0 Å². The van der Waals surface area contributed by atoms with Crippen molar-refractivity contribution < 1.29 is 14.4 Å². The van der Waals surface area contributed by atoms with Gasteiger partial charge < -0.3 is 14.5 Å². The van der Waals surface area contributed by atoms with E-state index in [1.165, 1.54) is 6.26 Å². The first kappa shape index (κ1) is 10.0. The first-order valence-corrected chi connectivity index (χ1v) is 5.10. The number of aromatic nitrogens is 1. The van der Waals surface area contributed by atoms with Crippen LogP contribution in [-0.2, 0) is 4.79 Å². The molecule has 1 saturated heterocycles. The molecular formula is C10H14N2O3. The fraction of sp³-hybridized carbons (Fsp3) is 0.600. The van der Waals surface area contributed by atoms with Gasteiger partial charge in [0.2, 0.25) is 0 Å². The Balaban J connectivity index is 2.16. The number of anilines is 1. The van der Waals surface area contributed by atoms with Crippen LogP contribution in [0.1, 0.15) is 19.8 Å². The summed E-state index contributed by atoms with van der Waals surface area (Å²) < 4.78 is 4.77. The van der Waals surface area contributed by atoms with E-state index in [1.807, 2.05) is 11.8 Å². The van der Waals surface area contributed by atoms with Gasteiger partial charge in [0, 0.05) is 18.7 Å². The van der Waals surface area contributed by atoms with Gasteiger partial charge in [0.15, 0.2) is 5.82 Å². The Kier molecular flexibility index (Phi) is 2.62. The molecule has 1 aliphatic rings. The van der Waals surface area contributed by atoms with Gasteiger partial charge in [0.05, 0.1) is 5.92 Å². The lowest BCUT2D eigenvalue weighted by atomic mass is 9.90. The minimum absolute atomic E-state index is 0.0265. The van der Waals surface area contributed by atoms with E-state index in [9.17, 15) is 4.79 Å². The van der Waals surface area contributed by atoms with Crippen LogP contribution in [0.5, 0.6) is 0 Å². The minimum Gasteiger partial charge on any atom is -0.481 e. The quantitative estimate of drug-likeness (QED) is 0.798. The van der Waals surface area contributed by atoms with Gasteiger partial charge >= 0.3 is 5.97 Å². The van der Waals surface area contributed by atoms with Crippen LogP contribution >= 0.6 is 0 Å². The maximum absolute atomic E-state index is 11.0. The fourth-order valence-electron chi connectivity index (χ4n) is 2.15. The zero-order valence-electron chi connectivity index (χ0n) is 8.59. The van der Waals surface area contributed by atoms with Crippen molar-refractivity contribution in [2.75, 3.05) is 11.4 Å². The van der Waals surface area contributed by atoms with Crippen LogP contribution in [-0.4, -0.2) is 28.8 Å². The van der Waals surface area contributed by atoms with E-state index in [-0.39, 0.29) is 12.0 Å². The monoisotopic (exact) mass is 210 g/mol. The highest BCUT2D eigenvalue weighted by molar-refractivity contribution is 5.72. The number of hydrogen-bond donors (Lipinski definition) is 1. The molecule has 2 heterocycles. The molecule has 1 N–H and O–H groups in total.